The molecule has 0 radical (unpaired) electrons. The van der Waals surface area contributed by atoms with Crippen molar-refractivity contribution in [3.05, 3.63) is 41.7 Å². The third-order valence-corrected chi connectivity index (χ3v) is 2.81. The fourth-order valence-electron chi connectivity index (χ4n) is 1.97. The molecule has 0 fully saturated rings. The lowest BCUT2D eigenvalue weighted by atomic mass is 9.83. The second-order valence-corrected chi connectivity index (χ2v) is 5.15. The van der Waals surface area contributed by atoms with Crippen molar-refractivity contribution in [3.8, 4) is 0 Å². The van der Waals surface area contributed by atoms with E-state index < -0.39 is 0 Å². The Balaban J connectivity index is 2.79. The standard InChI is InChI=1S/C14H17NO/c1-14(2,3)13-7-10(9-16)6-11-4-5-15-8-12(11)13/h4-8,16H,9H2,1-3H3. The molecular formula is C14H17NO. The summed E-state index contributed by atoms with van der Waals surface area (Å²) in [4.78, 5) is 4.18. The molecule has 0 aliphatic carbocycles. The van der Waals surface area contributed by atoms with E-state index in [1.54, 1.807) is 6.20 Å². The SMILES string of the molecule is CC(C)(C)c1cc(CO)cc2ccncc12. The van der Waals surface area contributed by atoms with Crippen LogP contribution >= 0.6 is 0 Å². The quantitative estimate of drug-likeness (QED) is 0.793. The van der Waals surface area contributed by atoms with Crippen molar-refractivity contribution >= 4 is 10.8 Å². The molecule has 0 amide bonds. The molecule has 1 aromatic carbocycles. The molecule has 0 unspecified atom stereocenters. The average Bonchev–Trinajstić information content (AvgIpc) is 2.26. The number of pyridine rings is 1. The molecule has 1 aromatic heterocycles. The largest absolute Gasteiger partial charge is 0.392 e. The van der Waals surface area contributed by atoms with Crippen LogP contribution in [0.1, 0.15) is 31.9 Å². The summed E-state index contributed by atoms with van der Waals surface area (Å²) in [5.41, 5.74) is 2.26. The Bertz CT molecular complexity index is 512. The van der Waals surface area contributed by atoms with Crippen molar-refractivity contribution in [3.63, 3.8) is 0 Å². The van der Waals surface area contributed by atoms with Crippen molar-refractivity contribution in [1.82, 2.24) is 4.98 Å². The molecule has 1 heterocycles. The number of benzene rings is 1. The van der Waals surface area contributed by atoms with Gasteiger partial charge in [0.25, 0.3) is 0 Å². The summed E-state index contributed by atoms with van der Waals surface area (Å²) in [6.45, 7) is 6.61. The number of hydrogen-bond donors (Lipinski definition) is 1. The average molecular weight is 215 g/mol. The Morgan fingerprint density at radius 3 is 2.62 bits per heavy atom. The van der Waals surface area contributed by atoms with Gasteiger partial charge in [0.05, 0.1) is 6.61 Å². The number of rotatable bonds is 1. The maximum atomic E-state index is 9.27. The van der Waals surface area contributed by atoms with Crippen molar-refractivity contribution < 1.29 is 5.11 Å². The summed E-state index contributed by atoms with van der Waals surface area (Å²) in [6.07, 6.45) is 3.69. The van der Waals surface area contributed by atoms with E-state index in [-0.39, 0.29) is 12.0 Å². The first kappa shape index (κ1) is 11.1. The van der Waals surface area contributed by atoms with E-state index in [9.17, 15) is 5.11 Å². The first-order valence-corrected chi connectivity index (χ1v) is 5.50. The van der Waals surface area contributed by atoms with Crippen LogP contribution in [0.2, 0.25) is 0 Å². The van der Waals surface area contributed by atoms with Gasteiger partial charge < -0.3 is 5.11 Å². The van der Waals surface area contributed by atoms with Gasteiger partial charge >= 0.3 is 0 Å². The van der Waals surface area contributed by atoms with Crippen LogP contribution in [0.25, 0.3) is 10.8 Å². The number of aliphatic hydroxyl groups is 1. The van der Waals surface area contributed by atoms with Crippen LogP contribution in [0.4, 0.5) is 0 Å². The Hall–Kier alpha value is -1.41. The van der Waals surface area contributed by atoms with Gasteiger partial charge in [-0.1, -0.05) is 26.8 Å². The molecule has 2 aromatic rings. The summed E-state index contributed by atoms with van der Waals surface area (Å²) in [5.74, 6) is 0. The Kier molecular flexibility index (Phi) is 2.68. The van der Waals surface area contributed by atoms with Gasteiger partial charge in [-0.25, -0.2) is 0 Å². The predicted octanol–water partition coefficient (Wildman–Crippen LogP) is 3.02. The minimum atomic E-state index is 0.0620. The second kappa shape index (κ2) is 3.87. The fourth-order valence-corrected chi connectivity index (χ4v) is 1.97. The van der Waals surface area contributed by atoms with Gasteiger partial charge in [-0.3, -0.25) is 4.98 Å². The molecule has 0 spiro atoms. The zero-order valence-electron chi connectivity index (χ0n) is 9.99. The predicted molar refractivity (Wildman–Crippen MR) is 66.4 cm³/mol. The lowest BCUT2D eigenvalue weighted by Gasteiger charge is -2.22. The first-order valence-electron chi connectivity index (χ1n) is 5.50. The van der Waals surface area contributed by atoms with Gasteiger partial charge in [0.2, 0.25) is 0 Å². The van der Waals surface area contributed by atoms with E-state index in [0.29, 0.717) is 0 Å². The minimum absolute atomic E-state index is 0.0620. The molecule has 2 heteroatoms. The molecule has 1 N–H and O–H groups in total. The van der Waals surface area contributed by atoms with Gasteiger partial charge in [-0.2, -0.15) is 0 Å². The van der Waals surface area contributed by atoms with Gasteiger partial charge in [0, 0.05) is 17.8 Å². The van der Waals surface area contributed by atoms with E-state index in [2.05, 4.69) is 31.8 Å². The van der Waals surface area contributed by atoms with Crippen LogP contribution in [0.5, 0.6) is 0 Å². The highest BCUT2D eigenvalue weighted by Gasteiger charge is 2.17. The zero-order valence-corrected chi connectivity index (χ0v) is 9.99. The second-order valence-electron chi connectivity index (χ2n) is 5.15. The summed E-state index contributed by atoms with van der Waals surface area (Å²) in [6, 6.07) is 6.08. The summed E-state index contributed by atoms with van der Waals surface area (Å²) < 4.78 is 0. The van der Waals surface area contributed by atoms with Gasteiger partial charge in [-0.05, 0) is 34.1 Å². The molecule has 0 aliphatic rings. The molecule has 16 heavy (non-hydrogen) atoms. The normalized spacial score (nSPS) is 12.0. The number of hydrogen-bond acceptors (Lipinski definition) is 2. The van der Waals surface area contributed by atoms with E-state index in [1.165, 1.54) is 10.9 Å². The summed E-state index contributed by atoms with van der Waals surface area (Å²) in [5, 5.41) is 11.6. The van der Waals surface area contributed by atoms with Crippen molar-refractivity contribution in [1.29, 1.82) is 0 Å². The molecule has 2 nitrogen and oxygen atoms in total. The number of nitrogens with zero attached hydrogens (tertiary/aromatic N) is 1. The maximum absolute atomic E-state index is 9.27. The first-order chi connectivity index (χ1) is 7.52. The monoisotopic (exact) mass is 215 g/mol. The van der Waals surface area contributed by atoms with Crippen molar-refractivity contribution in [2.75, 3.05) is 0 Å². The highest BCUT2D eigenvalue weighted by atomic mass is 16.3. The molecule has 0 saturated carbocycles. The fraction of sp³-hybridized carbons (Fsp3) is 0.357. The molecule has 84 valence electrons. The third-order valence-electron chi connectivity index (χ3n) is 2.81. The van der Waals surface area contributed by atoms with E-state index in [1.807, 2.05) is 18.3 Å². The Labute approximate surface area is 96.0 Å². The third kappa shape index (κ3) is 1.93. The van der Waals surface area contributed by atoms with Crippen molar-refractivity contribution in [2.45, 2.75) is 32.8 Å². The van der Waals surface area contributed by atoms with Gasteiger partial charge in [-0.15, -0.1) is 0 Å². The lowest BCUT2D eigenvalue weighted by Crippen LogP contribution is -2.12. The molecule has 0 saturated heterocycles. The van der Waals surface area contributed by atoms with Crippen LogP contribution in [0, 0.1) is 0 Å². The molecule has 0 atom stereocenters. The smallest absolute Gasteiger partial charge is 0.0682 e. The topological polar surface area (TPSA) is 33.1 Å². The highest BCUT2D eigenvalue weighted by Crippen LogP contribution is 2.30. The number of fused-ring (bicyclic) bond motifs is 1. The molecular weight excluding hydrogens is 198 g/mol. The highest BCUT2D eigenvalue weighted by molar-refractivity contribution is 5.86. The molecule has 0 bridgehead atoms. The Morgan fingerprint density at radius 2 is 2.00 bits per heavy atom. The van der Waals surface area contributed by atoms with E-state index in [0.717, 1.165) is 10.9 Å². The van der Waals surface area contributed by atoms with Crippen LogP contribution in [0.15, 0.2) is 30.6 Å². The van der Waals surface area contributed by atoms with E-state index in [4.69, 9.17) is 0 Å². The zero-order chi connectivity index (χ0) is 11.8. The van der Waals surface area contributed by atoms with Crippen LogP contribution < -0.4 is 0 Å². The minimum Gasteiger partial charge on any atom is -0.392 e. The molecule has 0 aliphatic heterocycles. The lowest BCUT2D eigenvalue weighted by molar-refractivity contribution is 0.281. The number of aliphatic hydroxyl groups excluding tert-OH is 1. The number of aromatic nitrogens is 1. The summed E-state index contributed by atoms with van der Waals surface area (Å²) >= 11 is 0. The van der Waals surface area contributed by atoms with Crippen LogP contribution in [-0.4, -0.2) is 10.1 Å². The summed E-state index contributed by atoms with van der Waals surface area (Å²) in [7, 11) is 0. The van der Waals surface area contributed by atoms with Gasteiger partial charge in [0.15, 0.2) is 0 Å². The van der Waals surface area contributed by atoms with Gasteiger partial charge in [0.1, 0.15) is 0 Å². The van der Waals surface area contributed by atoms with Crippen LogP contribution in [0.3, 0.4) is 0 Å². The Morgan fingerprint density at radius 1 is 1.25 bits per heavy atom. The van der Waals surface area contributed by atoms with Crippen molar-refractivity contribution in [2.24, 2.45) is 0 Å². The van der Waals surface area contributed by atoms with E-state index >= 15 is 0 Å². The van der Waals surface area contributed by atoms with Crippen LogP contribution in [-0.2, 0) is 12.0 Å². The maximum Gasteiger partial charge on any atom is 0.0682 e. The molecule has 2 rings (SSSR count).